The molecule has 0 saturated heterocycles. The van der Waals surface area contributed by atoms with Crippen LogP contribution in [0.15, 0.2) is 24.3 Å². The second-order valence-electron chi connectivity index (χ2n) is 5.05. The SMILES string of the molecule is CCc1ccccc1-n1nc2nc(C(F)F)nc(C(F)F)c2c1N. The molecule has 0 fully saturated rings. The summed E-state index contributed by atoms with van der Waals surface area (Å²) in [4.78, 5) is 6.84. The lowest BCUT2D eigenvalue weighted by Crippen LogP contribution is -2.05. The number of nitrogens with zero attached hydrogens (tertiary/aromatic N) is 4. The number of anilines is 1. The van der Waals surface area contributed by atoms with Gasteiger partial charge in [0.15, 0.2) is 11.5 Å². The number of nitrogen functional groups attached to an aromatic ring is 1. The lowest BCUT2D eigenvalue weighted by molar-refractivity contribution is 0.131. The zero-order valence-electron chi connectivity index (χ0n) is 12.5. The number of hydrogen-bond donors (Lipinski definition) is 1. The molecule has 0 spiro atoms. The molecule has 9 heteroatoms. The monoisotopic (exact) mass is 339 g/mol. The Balaban J connectivity index is 2.33. The van der Waals surface area contributed by atoms with Crippen molar-refractivity contribution >= 4 is 16.9 Å². The minimum Gasteiger partial charge on any atom is -0.383 e. The van der Waals surface area contributed by atoms with Crippen molar-refractivity contribution in [3.63, 3.8) is 0 Å². The predicted octanol–water partition coefficient (Wildman–Crippen LogP) is 3.84. The summed E-state index contributed by atoms with van der Waals surface area (Å²) >= 11 is 0. The average molecular weight is 339 g/mol. The molecule has 0 radical (unpaired) electrons. The van der Waals surface area contributed by atoms with Crippen LogP contribution < -0.4 is 5.73 Å². The Morgan fingerprint density at radius 2 is 1.79 bits per heavy atom. The first-order valence-electron chi connectivity index (χ1n) is 7.14. The molecule has 3 rings (SSSR count). The van der Waals surface area contributed by atoms with Gasteiger partial charge in [-0.3, -0.25) is 0 Å². The van der Waals surface area contributed by atoms with Crippen molar-refractivity contribution in [2.24, 2.45) is 0 Å². The summed E-state index contributed by atoms with van der Waals surface area (Å²) in [6.07, 6.45) is -5.50. The van der Waals surface area contributed by atoms with Gasteiger partial charge in [-0.2, -0.15) is 0 Å². The highest BCUT2D eigenvalue weighted by Gasteiger charge is 2.25. The van der Waals surface area contributed by atoms with Crippen molar-refractivity contribution in [3.8, 4) is 5.69 Å². The molecule has 0 saturated carbocycles. The Morgan fingerprint density at radius 1 is 1.08 bits per heavy atom. The summed E-state index contributed by atoms with van der Waals surface area (Å²) in [6.45, 7) is 1.91. The second kappa shape index (κ2) is 6.06. The van der Waals surface area contributed by atoms with Gasteiger partial charge in [-0.05, 0) is 18.1 Å². The fourth-order valence-corrected chi connectivity index (χ4v) is 2.51. The Kier molecular flexibility index (Phi) is 4.08. The number of halogens is 4. The van der Waals surface area contributed by atoms with Crippen LogP contribution >= 0.6 is 0 Å². The smallest absolute Gasteiger partial charge is 0.297 e. The molecular weight excluding hydrogens is 326 g/mol. The van der Waals surface area contributed by atoms with Gasteiger partial charge in [-0.1, -0.05) is 25.1 Å². The van der Waals surface area contributed by atoms with Crippen LogP contribution in [0.4, 0.5) is 23.4 Å². The first-order valence-corrected chi connectivity index (χ1v) is 7.14. The van der Waals surface area contributed by atoms with Crippen LogP contribution in [0.2, 0.25) is 0 Å². The summed E-state index contributed by atoms with van der Waals surface area (Å²) in [5.41, 5.74) is 6.29. The highest BCUT2D eigenvalue weighted by molar-refractivity contribution is 5.89. The zero-order chi connectivity index (χ0) is 17.4. The lowest BCUT2D eigenvalue weighted by Gasteiger charge is -2.09. The molecule has 0 aliphatic carbocycles. The third kappa shape index (κ3) is 2.55. The van der Waals surface area contributed by atoms with Crippen molar-refractivity contribution in [2.75, 3.05) is 5.73 Å². The van der Waals surface area contributed by atoms with E-state index >= 15 is 0 Å². The Labute approximate surface area is 134 Å². The molecule has 0 aliphatic heterocycles. The van der Waals surface area contributed by atoms with Gasteiger partial charge in [0.1, 0.15) is 11.5 Å². The van der Waals surface area contributed by atoms with E-state index in [1.165, 1.54) is 4.68 Å². The molecule has 0 atom stereocenters. The zero-order valence-corrected chi connectivity index (χ0v) is 12.5. The summed E-state index contributed by atoms with van der Waals surface area (Å²) < 4.78 is 53.4. The average Bonchev–Trinajstić information content (AvgIpc) is 2.90. The Bertz CT molecular complexity index is 891. The molecule has 126 valence electrons. The van der Waals surface area contributed by atoms with E-state index < -0.39 is 24.4 Å². The van der Waals surface area contributed by atoms with Crippen LogP contribution in [0.1, 0.15) is 36.9 Å². The van der Waals surface area contributed by atoms with E-state index in [0.717, 1.165) is 5.56 Å². The van der Waals surface area contributed by atoms with Gasteiger partial charge in [-0.15, -0.1) is 5.10 Å². The minimum absolute atomic E-state index is 0.109. The highest BCUT2D eigenvalue weighted by Crippen LogP contribution is 2.33. The molecule has 0 amide bonds. The van der Waals surface area contributed by atoms with Gasteiger partial charge in [0, 0.05) is 0 Å². The summed E-state index contributed by atoms with van der Waals surface area (Å²) in [5, 5.41) is 3.84. The van der Waals surface area contributed by atoms with E-state index in [9.17, 15) is 17.6 Å². The number of aromatic nitrogens is 4. The van der Waals surface area contributed by atoms with E-state index in [-0.39, 0.29) is 16.9 Å². The van der Waals surface area contributed by atoms with E-state index in [1.807, 2.05) is 19.1 Å². The van der Waals surface area contributed by atoms with Crippen molar-refractivity contribution in [3.05, 3.63) is 41.3 Å². The normalized spacial score (nSPS) is 11.8. The van der Waals surface area contributed by atoms with Crippen LogP contribution in [0, 0.1) is 0 Å². The van der Waals surface area contributed by atoms with Gasteiger partial charge in [0.25, 0.3) is 12.9 Å². The maximum Gasteiger partial charge on any atom is 0.297 e. The van der Waals surface area contributed by atoms with Crippen LogP contribution in [0.25, 0.3) is 16.7 Å². The number of fused-ring (bicyclic) bond motifs is 1. The lowest BCUT2D eigenvalue weighted by atomic mass is 10.1. The van der Waals surface area contributed by atoms with E-state index in [2.05, 4.69) is 15.1 Å². The molecule has 1 aromatic carbocycles. The van der Waals surface area contributed by atoms with E-state index in [1.54, 1.807) is 12.1 Å². The summed E-state index contributed by atoms with van der Waals surface area (Å²) in [5.74, 6) is -1.10. The number of aryl methyl sites for hydroxylation is 1. The number of hydrogen-bond acceptors (Lipinski definition) is 4. The molecule has 0 unspecified atom stereocenters. The molecule has 2 aromatic heterocycles. The van der Waals surface area contributed by atoms with Crippen LogP contribution in [0.5, 0.6) is 0 Å². The Morgan fingerprint density at radius 3 is 2.42 bits per heavy atom. The molecule has 0 aliphatic rings. The fraction of sp³-hybridized carbons (Fsp3) is 0.267. The van der Waals surface area contributed by atoms with E-state index in [0.29, 0.717) is 12.1 Å². The molecule has 24 heavy (non-hydrogen) atoms. The van der Waals surface area contributed by atoms with Crippen molar-refractivity contribution in [1.29, 1.82) is 0 Å². The number of alkyl halides is 4. The molecule has 2 heterocycles. The molecule has 0 bridgehead atoms. The van der Waals surface area contributed by atoms with Gasteiger partial charge >= 0.3 is 0 Å². The molecule has 2 N–H and O–H groups in total. The second-order valence-corrected chi connectivity index (χ2v) is 5.05. The van der Waals surface area contributed by atoms with E-state index in [4.69, 9.17) is 5.73 Å². The van der Waals surface area contributed by atoms with Gasteiger partial charge < -0.3 is 5.73 Å². The van der Waals surface area contributed by atoms with Crippen LogP contribution in [-0.2, 0) is 6.42 Å². The maximum absolute atomic E-state index is 13.2. The van der Waals surface area contributed by atoms with Gasteiger partial charge in [0.05, 0.1) is 11.1 Å². The quantitative estimate of drug-likeness (QED) is 0.733. The number of benzene rings is 1. The summed E-state index contributed by atoms with van der Waals surface area (Å²) in [6, 6.07) is 7.11. The standard InChI is InChI=1S/C15H13F4N5/c1-2-7-5-3-4-6-8(7)24-13(20)9-10(11(16)17)21-15(12(18)19)22-14(9)23-24/h3-6,11-12H,2,20H2,1H3. The Hall–Kier alpha value is -2.71. The number of para-hydroxylation sites is 1. The maximum atomic E-state index is 13.2. The number of nitrogens with two attached hydrogens (primary N) is 1. The molecule has 5 nitrogen and oxygen atoms in total. The van der Waals surface area contributed by atoms with Crippen molar-refractivity contribution in [1.82, 2.24) is 19.7 Å². The number of rotatable bonds is 4. The third-order valence-corrected chi connectivity index (χ3v) is 3.62. The molecule has 3 aromatic rings. The van der Waals surface area contributed by atoms with Crippen LogP contribution in [0.3, 0.4) is 0 Å². The highest BCUT2D eigenvalue weighted by atomic mass is 19.3. The van der Waals surface area contributed by atoms with Crippen LogP contribution in [-0.4, -0.2) is 19.7 Å². The van der Waals surface area contributed by atoms with Gasteiger partial charge in [0.2, 0.25) is 0 Å². The topological polar surface area (TPSA) is 69.6 Å². The summed E-state index contributed by atoms with van der Waals surface area (Å²) in [7, 11) is 0. The first-order chi connectivity index (χ1) is 11.4. The fourth-order valence-electron chi connectivity index (χ4n) is 2.51. The first kappa shape index (κ1) is 16.2. The van der Waals surface area contributed by atoms with Gasteiger partial charge in [-0.25, -0.2) is 32.2 Å². The van der Waals surface area contributed by atoms with Crippen molar-refractivity contribution < 1.29 is 17.6 Å². The largest absolute Gasteiger partial charge is 0.383 e. The molecular formula is C15H13F4N5. The van der Waals surface area contributed by atoms with Crippen molar-refractivity contribution in [2.45, 2.75) is 26.2 Å². The minimum atomic E-state index is -3.08. The third-order valence-electron chi connectivity index (χ3n) is 3.62. The predicted molar refractivity (Wildman–Crippen MR) is 80.4 cm³/mol.